The van der Waals surface area contributed by atoms with Crippen molar-refractivity contribution in [2.45, 2.75) is 32.9 Å². The van der Waals surface area contributed by atoms with Crippen molar-refractivity contribution in [3.8, 4) is 0 Å². The van der Waals surface area contributed by atoms with Crippen LogP contribution in [-0.4, -0.2) is 70.5 Å². The summed E-state index contributed by atoms with van der Waals surface area (Å²) in [5, 5.41) is 0. The van der Waals surface area contributed by atoms with E-state index >= 15 is 0 Å². The Hall–Kier alpha value is -1.66. The lowest BCUT2D eigenvalue weighted by Gasteiger charge is -2.30. The first kappa shape index (κ1) is 18.1. The Kier molecular flexibility index (Phi) is 5.59. The van der Waals surface area contributed by atoms with Gasteiger partial charge in [0.1, 0.15) is 0 Å². The van der Waals surface area contributed by atoms with E-state index in [1.54, 1.807) is 24.6 Å². The van der Waals surface area contributed by atoms with Gasteiger partial charge >= 0.3 is 0 Å². The molecule has 3 heterocycles. The van der Waals surface area contributed by atoms with Gasteiger partial charge in [-0.25, -0.2) is 0 Å². The van der Waals surface area contributed by atoms with Gasteiger partial charge in [0.25, 0.3) is 5.56 Å². The van der Waals surface area contributed by atoms with Crippen LogP contribution in [0.3, 0.4) is 0 Å². The Bertz CT molecular complexity index is 672. The summed E-state index contributed by atoms with van der Waals surface area (Å²) in [6.45, 7) is 10.7. The molecule has 1 amide bonds. The van der Waals surface area contributed by atoms with E-state index in [-0.39, 0.29) is 11.5 Å². The van der Waals surface area contributed by atoms with Crippen molar-refractivity contribution in [3.63, 3.8) is 0 Å². The zero-order valence-corrected chi connectivity index (χ0v) is 15.6. The van der Waals surface area contributed by atoms with Gasteiger partial charge in [-0.1, -0.05) is 6.92 Å². The van der Waals surface area contributed by atoms with Gasteiger partial charge in [0, 0.05) is 78.1 Å². The van der Waals surface area contributed by atoms with Crippen LogP contribution in [0.5, 0.6) is 0 Å². The molecule has 0 aliphatic carbocycles. The summed E-state index contributed by atoms with van der Waals surface area (Å²) in [6, 6.07) is 4.32. The van der Waals surface area contributed by atoms with Crippen LogP contribution in [0.4, 0.5) is 0 Å². The predicted octanol–water partition coefficient (Wildman–Crippen LogP) is 0.760. The Labute approximate surface area is 150 Å². The topological polar surface area (TPSA) is 48.8 Å². The summed E-state index contributed by atoms with van der Waals surface area (Å²) in [5.74, 6) is 0.795. The van der Waals surface area contributed by atoms with Crippen LogP contribution in [0, 0.1) is 5.92 Å². The van der Waals surface area contributed by atoms with Crippen LogP contribution < -0.4 is 5.56 Å². The van der Waals surface area contributed by atoms with Crippen LogP contribution in [0.15, 0.2) is 23.1 Å². The maximum Gasteiger partial charge on any atom is 0.250 e. The Balaban J connectivity index is 1.60. The lowest BCUT2D eigenvalue weighted by molar-refractivity contribution is -0.128. The zero-order chi connectivity index (χ0) is 18.0. The van der Waals surface area contributed by atoms with Crippen molar-refractivity contribution in [2.75, 3.05) is 39.3 Å². The number of nitrogens with zero attached hydrogens (tertiary/aromatic N) is 4. The van der Waals surface area contributed by atoms with E-state index in [1.165, 1.54) is 0 Å². The molecule has 0 spiro atoms. The van der Waals surface area contributed by atoms with Crippen LogP contribution in [-0.2, 0) is 18.4 Å². The maximum absolute atomic E-state index is 11.8. The van der Waals surface area contributed by atoms with Gasteiger partial charge in [-0.2, -0.15) is 0 Å². The molecule has 0 aromatic carbocycles. The molecule has 3 rings (SSSR count). The molecule has 1 aromatic rings. The minimum atomic E-state index is 0.0538. The number of hydrogen-bond acceptors (Lipinski definition) is 4. The molecule has 6 heteroatoms. The van der Waals surface area contributed by atoms with Gasteiger partial charge in [-0.15, -0.1) is 0 Å². The number of amides is 1. The molecule has 6 nitrogen and oxygen atoms in total. The number of carbonyl (C=O) groups excluding carboxylic acids is 1. The van der Waals surface area contributed by atoms with E-state index in [1.807, 2.05) is 17.2 Å². The molecule has 2 atom stereocenters. The standard InChI is InChI=1S/C19H30N4O2/c1-15-12-21(13-17-5-8-20(3)19(25)11-17)14-18(15)23-7-4-6-22(9-10-23)16(2)24/h5,8,11,15,18H,4,6-7,9-10,12-14H2,1-3H3/t15-,18-/m0/s1. The first-order chi connectivity index (χ1) is 11.9. The molecule has 2 aliphatic rings. The van der Waals surface area contributed by atoms with Gasteiger partial charge in [-0.05, 0) is 24.0 Å². The fourth-order valence-corrected chi connectivity index (χ4v) is 4.18. The SMILES string of the molecule is CC(=O)N1CCCN([C@H]2CN(Cc3ccn(C)c(=O)c3)C[C@@H]2C)CC1. The highest BCUT2D eigenvalue weighted by Crippen LogP contribution is 2.24. The fraction of sp³-hybridized carbons (Fsp3) is 0.684. The number of aromatic nitrogens is 1. The molecule has 0 N–H and O–H groups in total. The van der Waals surface area contributed by atoms with Crippen LogP contribution in [0.2, 0.25) is 0 Å². The van der Waals surface area contributed by atoms with Gasteiger partial charge in [0.2, 0.25) is 5.91 Å². The number of carbonyl (C=O) groups is 1. The van der Waals surface area contributed by atoms with Crippen LogP contribution in [0.25, 0.3) is 0 Å². The lowest BCUT2D eigenvalue weighted by Crippen LogP contribution is -2.42. The van der Waals surface area contributed by atoms with E-state index in [4.69, 9.17) is 0 Å². The summed E-state index contributed by atoms with van der Waals surface area (Å²) < 4.78 is 1.61. The van der Waals surface area contributed by atoms with Crippen molar-refractivity contribution in [3.05, 3.63) is 34.2 Å². The molecule has 2 fully saturated rings. The average Bonchev–Trinajstić information content (AvgIpc) is 2.78. The molecule has 2 aliphatic heterocycles. The molecule has 0 bridgehead atoms. The molecular weight excluding hydrogens is 316 g/mol. The van der Waals surface area contributed by atoms with Gasteiger partial charge < -0.3 is 9.47 Å². The Morgan fingerprint density at radius 1 is 1.20 bits per heavy atom. The predicted molar refractivity (Wildman–Crippen MR) is 98.4 cm³/mol. The molecule has 0 saturated carbocycles. The minimum Gasteiger partial charge on any atom is -0.342 e. The van der Waals surface area contributed by atoms with E-state index in [9.17, 15) is 9.59 Å². The highest BCUT2D eigenvalue weighted by atomic mass is 16.2. The first-order valence-corrected chi connectivity index (χ1v) is 9.31. The van der Waals surface area contributed by atoms with Crippen molar-refractivity contribution < 1.29 is 4.79 Å². The molecule has 0 radical (unpaired) electrons. The number of aryl methyl sites for hydroxylation is 1. The number of pyridine rings is 1. The third-order valence-electron chi connectivity index (χ3n) is 5.67. The van der Waals surface area contributed by atoms with Crippen LogP contribution >= 0.6 is 0 Å². The summed E-state index contributed by atoms with van der Waals surface area (Å²) in [6.07, 6.45) is 2.90. The fourth-order valence-electron chi connectivity index (χ4n) is 4.18. The Morgan fingerprint density at radius 3 is 2.72 bits per heavy atom. The van der Waals surface area contributed by atoms with Crippen molar-refractivity contribution in [1.82, 2.24) is 19.3 Å². The second-order valence-corrected chi connectivity index (χ2v) is 7.62. The smallest absolute Gasteiger partial charge is 0.250 e. The van der Waals surface area contributed by atoms with Crippen molar-refractivity contribution in [2.24, 2.45) is 13.0 Å². The normalized spacial score (nSPS) is 26.0. The minimum absolute atomic E-state index is 0.0538. The monoisotopic (exact) mass is 346 g/mol. The number of likely N-dealkylation sites (tertiary alicyclic amines) is 1. The van der Waals surface area contributed by atoms with Gasteiger partial charge in [0.15, 0.2) is 0 Å². The number of hydrogen-bond donors (Lipinski definition) is 0. The van der Waals surface area contributed by atoms with Gasteiger partial charge in [0.05, 0.1) is 0 Å². The third-order valence-corrected chi connectivity index (χ3v) is 5.67. The average molecular weight is 346 g/mol. The summed E-state index contributed by atoms with van der Waals surface area (Å²) in [5.41, 5.74) is 1.15. The molecule has 1 aromatic heterocycles. The molecule has 0 unspecified atom stereocenters. The highest BCUT2D eigenvalue weighted by molar-refractivity contribution is 5.73. The molecule has 25 heavy (non-hydrogen) atoms. The number of rotatable bonds is 3. The maximum atomic E-state index is 11.8. The van der Waals surface area contributed by atoms with Crippen molar-refractivity contribution in [1.29, 1.82) is 0 Å². The Morgan fingerprint density at radius 2 is 2.00 bits per heavy atom. The lowest BCUT2D eigenvalue weighted by atomic mass is 10.0. The second kappa shape index (κ2) is 7.70. The van der Waals surface area contributed by atoms with E-state index in [0.29, 0.717) is 12.0 Å². The summed E-state index contributed by atoms with van der Waals surface area (Å²) in [4.78, 5) is 30.4. The first-order valence-electron chi connectivity index (χ1n) is 9.31. The van der Waals surface area contributed by atoms with E-state index < -0.39 is 0 Å². The highest BCUT2D eigenvalue weighted by Gasteiger charge is 2.34. The summed E-state index contributed by atoms with van der Waals surface area (Å²) in [7, 11) is 1.78. The molecule has 138 valence electrons. The van der Waals surface area contributed by atoms with Crippen molar-refractivity contribution >= 4 is 5.91 Å². The summed E-state index contributed by atoms with van der Waals surface area (Å²) >= 11 is 0. The van der Waals surface area contributed by atoms with Crippen LogP contribution in [0.1, 0.15) is 25.8 Å². The second-order valence-electron chi connectivity index (χ2n) is 7.62. The zero-order valence-electron chi connectivity index (χ0n) is 15.6. The van der Waals surface area contributed by atoms with E-state index in [0.717, 1.165) is 57.8 Å². The van der Waals surface area contributed by atoms with E-state index in [2.05, 4.69) is 16.7 Å². The molecular formula is C19H30N4O2. The van der Waals surface area contributed by atoms with Gasteiger partial charge in [-0.3, -0.25) is 19.4 Å². The largest absolute Gasteiger partial charge is 0.342 e. The molecule has 2 saturated heterocycles. The third kappa shape index (κ3) is 4.30. The quantitative estimate of drug-likeness (QED) is 0.811.